The van der Waals surface area contributed by atoms with Gasteiger partial charge in [-0.3, -0.25) is 14.4 Å². The van der Waals surface area contributed by atoms with Crippen molar-refractivity contribution >= 4 is 29.1 Å². The first kappa shape index (κ1) is 19.4. The predicted octanol–water partition coefficient (Wildman–Crippen LogP) is 2.11. The van der Waals surface area contributed by atoms with E-state index in [0.29, 0.717) is 18.0 Å². The standard InChI is InChI=1S/C21H23N3O4/c1-14-5-3-4-6-18(14)23-19(25)13-28-17-9-7-16(8-10-17)24-12-15(11-20(24)26)21(27)22-2/h3-10,15H,11-13H2,1-2H3,(H,22,27)(H,23,25)/t15-/m1/s1. The molecule has 3 rings (SSSR count). The number of amides is 3. The molecule has 0 aromatic heterocycles. The number of carbonyl (C=O) groups is 3. The number of aryl methyl sites for hydroxylation is 1. The van der Waals surface area contributed by atoms with Crippen molar-refractivity contribution in [1.82, 2.24) is 5.32 Å². The van der Waals surface area contributed by atoms with Gasteiger partial charge in [-0.05, 0) is 42.8 Å². The van der Waals surface area contributed by atoms with Gasteiger partial charge in [0.2, 0.25) is 11.8 Å². The van der Waals surface area contributed by atoms with Crippen molar-refractivity contribution in [3.8, 4) is 5.75 Å². The van der Waals surface area contributed by atoms with Crippen molar-refractivity contribution in [3.63, 3.8) is 0 Å². The summed E-state index contributed by atoms with van der Waals surface area (Å²) < 4.78 is 5.52. The number of hydrogen-bond donors (Lipinski definition) is 2. The van der Waals surface area contributed by atoms with Crippen LogP contribution >= 0.6 is 0 Å². The highest BCUT2D eigenvalue weighted by Gasteiger charge is 2.34. The number of rotatable bonds is 6. The van der Waals surface area contributed by atoms with E-state index in [9.17, 15) is 14.4 Å². The molecule has 7 nitrogen and oxygen atoms in total. The van der Waals surface area contributed by atoms with E-state index >= 15 is 0 Å². The predicted molar refractivity (Wildman–Crippen MR) is 106 cm³/mol. The summed E-state index contributed by atoms with van der Waals surface area (Å²) in [5.41, 5.74) is 2.43. The van der Waals surface area contributed by atoms with Crippen LogP contribution in [-0.2, 0) is 14.4 Å². The third-order valence-electron chi connectivity index (χ3n) is 4.68. The first-order chi connectivity index (χ1) is 13.5. The molecule has 1 fully saturated rings. The summed E-state index contributed by atoms with van der Waals surface area (Å²) in [6.45, 7) is 2.16. The van der Waals surface area contributed by atoms with E-state index in [1.54, 1.807) is 36.2 Å². The summed E-state index contributed by atoms with van der Waals surface area (Å²) in [6, 6.07) is 14.4. The molecule has 2 aromatic rings. The summed E-state index contributed by atoms with van der Waals surface area (Å²) in [6.07, 6.45) is 0.205. The summed E-state index contributed by atoms with van der Waals surface area (Å²) in [7, 11) is 1.57. The fourth-order valence-corrected chi connectivity index (χ4v) is 3.11. The van der Waals surface area contributed by atoms with Crippen LogP contribution in [0.3, 0.4) is 0 Å². The molecule has 0 bridgehead atoms. The van der Waals surface area contributed by atoms with Crippen molar-refractivity contribution in [1.29, 1.82) is 0 Å². The monoisotopic (exact) mass is 381 g/mol. The van der Waals surface area contributed by atoms with E-state index in [1.165, 1.54) is 0 Å². The average Bonchev–Trinajstić information content (AvgIpc) is 3.09. The van der Waals surface area contributed by atoms with Gasteiger partial charge in [-0.1, -0.05) is 18.2 Å². The molecule has 28 heavy (non-hydrogen) atoms. The maximum Gasteiger partial charge on any atom is 0.262 e. The molecule has 0 aliphatic carbocycles. The highest BCUT2D eigenvalue weighted by Crippen LogP contribution is 2.27. The molecule has 1 heterocycles. The highest BCUT2D eigenvalue weighted by atomic mass is 16.5. The number of carbonyl (C=O) groups excluding carboxylic acids is 3. The number of nitrogens with zero attached hydrogens (tertiary/aromatic N) is 1. The lowest BCUT2D eigenvalue weighted by Gasteiger charge is -2.17. The van der Waals surface area contributed by atoms with Gasteiger partial charge in [-0.15, -0.1) is 0 Å². The van der Waals surface area contributed by atoms with E-state index in [1.807, 2.05) is 31.2 Å². The van der Waals surface area contributed by atoms with Crippen molar-refractivity contribution in [2.45, 2.75) is 13.3 Å². The Morgan fingerprint density at radius 1 is 1.14 bits per heavy atom. The normalized spacial score (nSPS) is 16.0. The molecule has 1 saturated heterocycles. The minimum atomic E-state index is -0.335. The molecule has 3 amide bonds. The van der Waals surface area contributed by atoms with Gasteiger partial charge in [0, 0.05) is 31.4 Å². The van der Waals surface area contributed by atoms with Gasteiger partial charge in [-0.25, -0.2) is 0 Å². The van der Waals surface area contributed by atoms with Crippen LogP contribution in [0, 0.1) is 12.8 Å². The van der Waals surface area contributed by atoms with Crippen LogP contribution in [0.2, 0.25) is 0 Å². The van der Waals surface area contributed by atoms with Gasteiger partial charge in [0.05, 0.1) is 5.92 Å². The third-order valence-corrected chi connectivity index (χ3v) is 4.68. The average molecular weight is 381 g/mol. The zero-order valence-corrected chi connectivity index (χ0v) is 15.9. The minimum Gasteiger partial charge on any atom is -0.484 e. The molecule has 1 aliphatic rings. The van der Waals surface area contributed by atoms with E-state index in [4.69, 9.17) is 4.74 Å². The van der Waals surface area contributed by atoms with Crippen LogP contribution in [0.1, 0.15) is 12.0 Å². The molecule has 0 unspecified atom stereocenters. The molecular formula is C21H23N3O4. The van der Waals surface area contributed by atoms with Crippen molar-refractivity contribution in [2.75, 3.05) is 30.4 Å². The van der Waals surface area contributed by atoms with Crippen LogP contribution in [-0.4, -0.2) is 37.9 Å². The van der Waals surface area contributed by atoms with Gasteiger partial charge in [-0.2, -0.15) is 0 Å². The largest absolute Gasteiger partial charge is 0.484 e. The van der Waals surface area contributed by atoms with Crippen molar-refractivity contribution < 1.29 is 19.1 Å². The van der Waals surface area contributed by atoms with Gasteiger partial charge < -0.3 is 20.3 Å². The second kappa shape index (κ2) is 8.56. The third kappa shape index (κ3) is 4.49. The summed E-state index contributed by atoms with van der Waals surface area (Å²) in [5.74, 6) is -0.270. The highest BCUT2D eigenvalue weighted by molar-refractivity contribution is 6.00. The Bertz CT molecular complexity index is 879. The molecule has 2 aromatic carbocycles. The molecule has 0 saturated carbocycles. The van der Waals surface area contributed by atoms with Crippen LogP contribution in [0.4, 0.5) is 11.4 Å². The van der Waals surface area contributed by atoms with Crippen LogP contribution < -0.4 is 20.3 Å². The Morgan fingerprint density at radius 3 is 2.54 bits per heavy atom. The molecule has 2 N–H and O–H groups in total. The Morgan fingerprint density at radius 2 is 1.86 bits per heavy atom. The smallest absolute Gasteiger partial charge is 0.262 e. The van der Waals surface area contributed by atoms with Gasteiger partial charge in [0.15, 0.2) is 6.61 Å². The van der Waals surface area contributed by atoms with Crippen LogP contribution in [0.5, 0.6) is 5.75 Å². The van der Waals surface area contributed by atoms with E-state index < -0.39 is 0 Å². The molecule has 0 spiro atoms. The van der Waals surface area contributed by atoms with Gasteiger partial charge in [0.25, 0.3) is 5.91 Å². The number of hydrogen-bond acceptors (Lipinski definition) is 4. The van der Waals surface area contributed by atoms with Crippen LogP contribution in [0.15, 0.2) is 48.5 Å². The number of benzene rings is 2. The second-order valence-electron chi connectivity index (χ2n) is 6.67. The minimum absolute atomic E-state index is 0.0834. The Balaban J connectivity index is 1.55. The molecular weight excluding hydrogens is 358 g/mol. The van der Waals surface area contributed by atoms with Crippen LogP contribution in [0.25, 0.3) is 0 Å². The number of ether oxygens (including phenoxy) is 1. The van der Waals surface area contributed by atoms with E-state index in [0.717, 1.165) is 11.3 Å². The first-order valence-electron chi connectivity index (χ1n) is 9.08. The maximum atomic E-state index is 12.2. The molecule has 1 aliphatic heterocycles. The Hall–Kier alpha value is -3.35. The van der Waals surface area contributed by atoms with Gasteiger partial charge in [0.1, 0.15) is 5.75 Å². The summed E-state index contributed by atoms with van der Waals surface area (Å²) in [5, 5.41) is 5.39. The maximum absolute atomic E-state index is 12.2. The number of anilines is 2. The van der Waals surface area contributed by atoms with E-state index in [-0.39, 0.29) is 36.7 Å². The summed E-state index contributed by atoms with van der Waals surface area (Å²) in [4.78, 5) is 37.6. The number of para-hydroxylation sites is 1. The van der Waals surface area contributed by atoms with Crippen molar-refractivity contribution in [3.05, 3.63) is 54.1 Å². The Labute approximate surface area is 163 Å². The quantitative estimate of drug-likeness (QED) is 0.802. The topological polar surface area (TPSA) is 87.7 Å². The molecule has 146 valence electrons. The number of nitrogens with one attached hydrogen (secondary N) is 2. The molecule has 7 heteroatoms. The molecule has 0 radical (unpaired) electrons. The lowest BCUT2D eigenvalue weighted by atomic mass is 10.1. The SMILES string of the molecule is CNC(=O)[C@@H]1CC(=O)N(c2ccc(OCC(=O)Nc3ccccc3C)cc2)C1. The fourth-order valence-electron chi connectivity index (χ4n) is 3.11. The zero-order chi connectivity index (χ0) is 20.1. The first-order valence-corrected chi connectivity index (χ1v) is 9.08. The second-order valence-corrected chi connectivity index (χ2v) is 6.67. The zero-order valence-electron chi connectivity index (χ0n) is 15.9. The molecule has 1 atom stereocenters. The van der Waals surface area contributed by atoms with Crippen molar-refractivity contribution in [2.24, 2.45) is 5.92 Å². The lowest BCUT2D eigenvalue weighted by Crippen LogP contribution is -2.30. The van der Waals surface area contributed by atoms with E-state index in [2.05, 4.69) is 10.6 Å². The summed E-state index contributed by atoms with van der Waals surface area (Å²) >= 11 is 0. The lowest BCUT2D eigenvalue weighted by molar-refractivity contribution is -0.125. The Kier molecular flexibility index (Phi) is 5.93. The fraction of sp³-hybridized carbons (Fsp3) is 0.286. The van der Waals surface area contributed by atoms with Gasteiger partial charge >= 0.3 is 0 Å².